The second-order valence-electron chi connectivity index (χ2n) is 3.47. The number of phosphoric ester groups is 1. The Kier molecular flexibility index (Phi) is 6.85. The molecular formula is C10H20NO4P. The average molecular weight is 249 g/mol. The summed E-state index contributed by atoms with van der Waals surface area (Å²) < 4.78 is 27.2. The molecule has 5 nitrogen and oxygen atoms in total. The molecule has 1 atom stereocenters. The Morgan fingerprint density at radius 2 is 1.75 bits per heavy atom. The minimum absolute atomic E-state index is 0.213. The van der Waals surface area contributed by atoms with E-state index in [1.54, 1.807) is 20.8 Å². The highest BCUT2D eigenvalue weighted by molar-refractivity contribution is 7.48. The number of hydrogen-bond acceptors (Lipinski definition) is 5. The molecule has 0 rings (SSSR count). The van der Waals surface area contributed by atoms with Crippen molar-refractivity contribution in [2.45, 2.75) is 46.1 Å². The molecule has 0 heterocycles. The van der Waals surface area contributed by atoms with Crippen LogP contribution in [-0.4, -0.2) is 18.8 Å². The summed E-state index contributed by atoms with van der Waals surface area (Å²) >= 11 is 0. The zero-order valence-corrected chi connectivity index (χ0v) is 11.3. The highest BCUT2D eigenvalue weighted by Gasteiger charge is 2.37. The number of phosphoric acid groups is 1. The lowest BCUT2D eigenvalue weighted by molar-refractivity contribution is 0.0519. The molecule has 0 aliphatic rings. The van der Waals surface area contributed by atoms with Crippen LogP contribution in [0.2, 0.25) is 0 Å². The molecule has 0 radical (unpaired) electrons. The molecule has 0 aromatic carbocycles. The van der Waals surface area contributed by atoms with E-state index in [1.165, 1.54) is 0 Å². The highest BCUT2D eigenvalue weighted by Crippen LogP contribution is 2.53. The van der Waals surface area contributed by atoms with Crippen molar-refractivity contribution in [3.8, 4) is 6.07 Å². The first-order valence-electron chi connectivity index (χ1n) is 5.46. The molecule has 6 heteroatoms. The van der Waals surface area contributed by atoms with Gasteiger partial charge < -0.3 is 0 Å². The van der Waals surface area contributed by atoms with Gasteiger partial charge in [0.25, 0.3) is 0 Å². The van der Waals surface area contributed by atoms with E-state index < -0.39 is 13.4 Å². The van der Waals surface area contributed by atoms with E-state index in [2.05, 4.69) is 0 Å². The number of hydrogen-bond donors (Lipinski definition) is 0. The molecule has 94 valence electrons. The maximum absolute atomic E-state index is 12.0. The van der Waals surface area contributed by atoms with Crippen LogP contribution < -0.4 is 0 Å². The smallest absolute Gasteiger partial charge is 0.287 e. The quantitative estimate of drug-likeness (QED) is 0.617. The van der Waals surface area contributed by atoms with Crippen molar-refractivity contribution in [3.05, 3.63) is 0 Å². The summed E-state index contributed by atoms with van der Waals surface area (Å²) in [5.74, 6) is 0. The minimum atomic E-state index is -3.61. The summed E-state index contributed by atoms with van der Waals surface area (Å²) in [6, 6.07) is 2.00. The second kappa shape index (κ2) is 7.03. The predicted molar refractivity (Wildman–Crippen MR) is 60.9 cm³/mol. The van der Waals surface area contributed by atoms with Crippen LogP contribution in [0.3, 0.4) is 0 Å². The van der Waals surface area contributed by atoms with Crippen LogP contribution >= 0.6 is 7.82 Å². The Hall–Kier alpha value is -0.400. The van der Waals surface area contributed by atoms with E-state index in [-0.39, 0.29) is 13.2 Å². The molecule has 0 unspecified atom stereocenters. The zero-order valence-electron chi connectivity index (χ0n) is 10.4. The van der Waals surface area contributed by atoms with Crippen LogP contribution in [0.1, 0.15) is 40.5 Å². The van der Waals surface area contributed by atoms with E-state index in [4.69, 9.17) is 18.8 Å². The minimum Gasteiger partial charge on any atom is -0.287 e. The second-order valence-corrected chi connectivity index (χ2v) is 5.06. The van der Waals surface area contributed by atoms with Gasteiger partial charge in [0.05, 0.1) is 19.3 Å². The van der Waals surface area contributed by atoms with Crippen LogP contribution in [0.5, 0.6) is 0 Å². The van der Waals surface area contributed by atoms with Crippen molar-refractivity contribution >= 4 is 7.82 Å². The van der Waals surface area contributed by atoms with Crippen molar-refractivity contribution in [2.24, 2.45) is 0 Å². The molecule has 0 N–H and O–H groups in total. The highest BCUT2D eigenvalue weighted by atomic mass is 31.2. The summed E-state index contributed by atoms with van der Waals surface area (Å²) in [6.45, 7) is 7.32. The van der Waals surface area contributed by atoms with Crippen LogP contribution in [0.25, 0.3) is 0 Å². The summed E-state index contributed by atoms with van der Waals surface area (Å²) in [5, 5.41) is 9.01. The molecule has 0 aliphatic carbocycles. The van der Waals surface area contributed by atoms with Gasteiger partial charge in [0.1, 0.15) is 0 Å². The fourth-order valence-corrected chi connectivity index (χ4v) is 2.69. The first-order valence-corrected chi connectivity index (χ1v) is 6.92. The fourth-order valence-electron chi connectivity index (χ4n) is 1.25. The van der Waals surface area contributed by atoms with E-state index in [1.807, 2.05) is 13.0 Å². The van der Waals surface area contributed by atoms with Crippen molar-refractivity contribution in [3.63, 3.8) is 0 Å². The summed E-state index contributed by atoms with van der Waals surface area (Å²) in [7, 11) is -3.61. The first-order chi connectivity index (χ1) is 7.45. The van der Waals surface area contributed by atoms with Crippen LogP contribution in [-0.2, 0) is 18.1 Å². The molecule has 0 bridgehead atoms. The number of nitriles is 1. The molecule has 0 saturated carbocycles. The monoisotopic (exact) mass is 249 g/mol. The van der Waals surface area contributed by atoms with Crippen molar-refractivity contribution in [1.29, 1.82) is 5.26 Å². The summed E-state index contributed by atoms with van der Waals surface area (Å²) in [4.78, 5) is 0. The van der Waals surface area contributed by atoms with Gasteiger partial charge in [-0.3, -0.25) is 13.6 Å². The largest absolute Gasteiger partial charge is 0.476 e. The van der Waals surface area contributed by atoms with Crippen molar-refractivity contribution in [2.75, 3.05) is 13.2 Å². The Balaban J connectivity index is 4.72. The topological polar surface area (TPSA) is 68.5 Å². The molecular weight excluding hydrogens is 229 g/mol. The molecule has 0 aromatic heterocycles. The van der Waals surface area contributed by atoms with Gasteiger partial charge in [-0.15, -0.1) is 0 Å². The van der Waals surface area contributed by atoms with Gasteiger partial charge in [-0.2, -0.15) is 5.26 Å². The summed E-state index contributed by atoms with van der Waals surface area (Å²) in [6.07, 6.45) is 1.23. The van der Waals surface area contributed by atoms with E-state index in [9.17, 15) is 4.57 Å². The van der Waals surface area contributed by atoms with Gasteiger partial charge in [0.15, 0.2) is 5.60 Å². The first kappa shape index (κ1) is 15.6. The van der Waals surface area contributed by atoms with Gasteiger partial charge in [-0.25, -0.2) is 4.57 Å². The van der Waals surface area contributed by atoms with Gasteiger partial charge in [0.2, 0.25) is 0 Å². The van der Waals surface area contributed by atoms with E-state index in [0.29, 0.717) is 6.42 Å². The van der Waals surface area contributed by atoms with E-state index >= 15 is 0 Å². The third kappa shape index (κ3) is 5.09. The fraction of sp³-hybridized carbons (Fsp3) is 0.900. The molecule has 0 aliphatic heterocycles. The van der Waals surface area contributed by atoms with Crippen LogP contribution in [0.15, 0.2) is 0 Å². The Morgan fingerprint density at radius 3 is 2.06 bits per heavy atom. The molecule has 0 aromatic rings. The third-order valence-corrected chi connectivity index (χ3v) is 3.63. The third-order valence-electron chi connectivity index (χ3n) is 1.85. The molecule has 16 heavy (non-hydrogen) atoms. The average Bonchev–Trinajstić information content (AvgIpc) is 2.18. The van der Waals surface area contributed by atoms with Gasteiger partial charge in [-0.1, -0.05) is 13.3 Å². The predicted octanol–water partition coefficient (Wildman–Crippen LogP) is 3.27. The molecule has 0 fully saturated rings. The van der Waals surface area contributed by atoms with Crippen LogP contribution in [0.4, 0.5) is 0 Å². The van der Waals surface area contributed by atoms with Crippen molar-refractivity contribution in [1.82, 2.24) is 0 Å². The molecule has 0 spiro atoms. The normalized spacial score (nSPS) is 15.4. The molecule has 0 amide bonds. The lowest BCUT2D eigenvalue weighted by atomic mass is 10.0. The zero-order chi connectivity index (χ0) is 12.7. The van der Waals surface area contributed by atoms with Gasteiger partial charge >= 0.3 is 7.82 Å². The lowest BCUT2D eigenvalue weighted by Gasteiger charge is -2.26. The number of nitrogens with zero attached hydrogens (tertiary/aromatic N) is 1. The van der Waals surface area contributed by atoms with Gasteiger partial charge in [0, 0.05) is 0 Å². The summed E-state index contributed by atoms with van der Waals surface area (Å²) in [5.41, 5.74) is -1.13. The maximum atomic E-state index is 12.0. The standard InChI is InChI=1S/C10H20NO4P/c1-5-8-10(4,9-11)15-16(12,13-6-2)14-7-3/h5-8H2,1-4H3/t10-/m0/s1. The Morgan fingerprint density at radius 1 is 1.25 bits per heavy atom. The maximum Gasteiger partial charge on any atom is 0.476 e. The molecule has 0 saturated heterocycles. The SMILES string of the molecule is CCC[C@@](C)(C#N)OP(=O)(OCC)OCC. The van der Waals surface area contributed by atoms with Gasteiger partial charge in [-0.05, 0) is 27.2 Å². The Bertz CT molecular complexity index is 279. The van der Waals surface area contributed by atoms with Crippen LogP contribution in [0, 0.1) is 11.3 Å². The van der Waals surface area contributed by atoms with E-state index in [0.717, 1.165) is 6.42 Å². The van der Waals surface area contributed by atoms with Crippen molar-refractivity contribution < 1.29 is 18.1 Å². The number of rotatable bonds is 8. The Labute approximate surface area is 97.3 Å². The lowest BCUT2D eigenvalue weighted by Crippen LogP contribution is -2.26.